The predicted molar refractivity (Wildman–Crippen MR) is 98.8 cm³/mol. The summed E-state index contributed by atoms with van der Waals surface area (Å²) in [5.41, 5.74) is 3.45. The number of anilines is 1. The van der Waals surface area contributed by atoms with Gasteiger partial charge in [0, 0.05) is 44.8 Å². The lowest BCUT2D eigenvalue weighted by Crippen LogP contribution is -2.31. The Bertz CT molecular complexity index is 719. The number of hydrogen-bond acceptors (Lipinski definition) is 5. The zero-order chi connectivity index (χ0) is 17.1. The Hall–Kier alpha value is -1.69. The van der Waals surface area contributed by atoms with Gasteiger partial charge in [0.25, 0.3) is 0 Å². The molecule has 5 nitrogen and oxygen atoms in total. The number of ether oxygens (including phenoxy) is 1. The van der Waals surface area contributed by atoms with Gasteiger partial charge in [0.2, 0.25) is 5.95 Å². The van der Waals surface area contributed by atoms with E-state index in [1.54, 1.807) is 0 Å². The molecule has 2 aromatic rings. The number of hydrogen-bond donors (Lipinski definition) is 1. The lowest BCUT2D eigenvalue weighted by Gasteiger charge is -2.28. The molecule has 25 heavy (non-hydrogen) atoms. The van der Waals surface area contributed by atoms with Crippen molar-refractivity contribution in [2.75, 3.05) is 25.0 Å². The molecule has 0 bridgehead atoms. The summed E-state index contributed by atoms with van der Waals surface area (Å²) in [6.45, 7) is 4.32. The Labute approximate surface area is 153 Å². The highest BCUT2D eigenvalue weighted by Crippen LogP contribution is 2.26. The van der Waals surface area contributed by atoms with Gasteiger partial charge in [-0.2, -0.15) is 0 Å². The topological polar surface area (TPSA) is 50.3 Å². The molecule has 2 aliphatic heterocycles. The largest absolute Gasteiger partial charge is 0.376 e. The van der Waals surface area contributed by atoms with Crippen LogP contribution < -0.4 is 5.32 Å². The zero-order valence-corrected chi connectivity index (χ0v) is 15.0. The van der Waals surface area contributed by atoms with E-state index in [0.717, 1.165) is 63.3 Å². The Balaban J connectivity index is 1.42. The van der Waals surface area contributed by atoms with Crippen LogP contribution in [0.3, 0.4) is 0 Å². The van der Waals surface area contributed by atoms with Crippen LogP contribution in [-0.2, 0) is 24.2 Å². The van der Waals surface area contributed by atoms with E-state index in [1.165, 1.54) is 5.56 Å². The standard InChI is InChI=1S/C19H23ClN4O/c20-18-16-13-24(12-14-5-2-1-3-6-14)9-8-17(16)22-19(23-18)21-11-15-7-4-10-25-15/h1-3,5-6,15H,4,7-13H2,(H,21,22,23). The fourth-order valence-corrected chi connectivity index (χ4v) is 3.74. The number of rotatable bonds is 5. The fourth-order valence-electron chi connectivity index (χ4n) is 3.50. The predicted octanol–water partition coefficient (Wildman–Crippen LogP) is 3.28. The number of halogens is 1. The molecule has 0 aliphatic carbocycles. The average molecular weight is 359 g/mol. The molecular formula is C19H23ClN4O. The van der Waals surface area contributed by atoms with Crippen LogP contribution >= 0.6 is 11.6 Å². The van der Waals surface area contributed by atoms with Crippen molar-refractivity contribution in [1.29, 1.82) is 0 Å². The van der Waals surface area contributed by atoms with Crippen LogP contribution in [0.5, 0.6) is 0 Å². The number of fused-ring (bicyclic) bond motifs is 1. The van der Waals surface area contributed by atoms with Gasteiger partial charge in [-0.3, -0.25) is 4.90 Å². The molecule has 1 saturated heterocycles. The third-order valence-electron chi connectivity index (χ3n) is 4.85. The smallest absolute Gasteiger partial charge is 0.224 e. The lowest BCUT2D eigenvalue weighted by molar-refractivity contribution is 0.120. The van der Waals surface area contributed by atoms with Crippen LogP contribution in [0, 0.1) is 0 Å². The first-order valence-corrected chi connectivity index (χ1v) is 9.33. The third-order valence-corrected chi connectivity index (χ3v) is 5.16. The van der Waals surface area contributed by atoms with Crippen molar-refractivity contribution in [2.45, 2.75) is 38.5 Å². The van der Waals surface area contributed by atoms with Crippen molar-refractivity contribution in [3.63, 3.8) is 0 Å². The minimum Gasteiger partial charge on any atom is -0.376 e. The second kappa shape index (κ2) is 7.68. The van der Waals surface area contributed by atoms with Crippen LogP contribution in [0.2, 0.25) is 5.15 Å². The van der Waals surface area contributed by atoms with Crippen LogP contribution in [0.1, 0.15) is 29.7 Å². The van der Waals surface area contributed by atoms with Gasteiger partial charge in [0.15, 0.2) is 0 Å². The summed E-state index contributed by atoms with van der Waals surface area (Å²) in [6, 6.07) is 10.5. The van der Waals surface area contributed by atoms with E-state index in [-0.39, 0.29) is 6.10 Å². The zero-order valence-electron chi connectivity index (χ0n) is 14.2. The fraction of sp³-hybridized carbons (Fsp3) is 0.474. The Morgan fingerprint density at radius 3 is 2.92 bits per heavy atom. The first kappa shape index (κ1) is 16.8. The van der Waals surface area contributed by atoms with E-state index in [2.05, 4.69) is 44.5 Å². The third kappa shape index (κ3) is 4.11. The molecule has 1 N–H and O–H groups in total. The Morgan fingerprint density at radius 2 is 2.12 bits per heavy atom. The number of nitrogens with one attached hydrogen (secondary N) is 1. The van der Waals surface area contributed by atoms with Crippen LogP contribution in [0.15, 0.2) is 30.3 Å². The molecule has 1 aromatic heterocycles. The maximum Gasteiger partial charge on any atom is 0.224 e. The summed E-state index contributed by atoms with van der Waals surface area (Å²) >= 11 is 6.46. The summed E-state index contributed by atoms with van der Waals surface area (Å²) < 4.78 is 5.63. The number of benzene rings is 1. The Kier molecular flexibility index (Phi) is 5.15. The SMILES string of the molecule is Clc1nc(NCC2CCCO2)nc2c1CN(Cc1ccccc1)CC2. The van der Waals surface area contributed by atoms with Crippen molar-refractivity contribution in [3.8, 4) is 0 Å². The van der Waals surface area contributed by atoms with Gasteiger partial charge in [0.05, 0.1) is 11.8 Å². The van der Waals surface area contributed by atoms with E-state index in [9.17, 15) is 0 Å². The molecule has 1 fully saturated rings. The molecule has 3 heterocycles. The molecule has 1 aromatic carbocycles. The highest BCUT2D eigenvalue weighted by atomic mass is 35.5. The summed E-state index contributed by atoms with van der Waals surface area (Å²) in [5.74, 6) is 0.621. The van der Waals surface area contributed by atoms with Gasteiger partial charge in [0.1, 0.15) is 5.15 Å². The minimum atomic E-state index is 0.264. The van der Waals surface area contributed by atoms with Crippen molar-refractivity contribution in [3.05, 3.63) is 52.3 Å². The van der Waals surface area contributed by atoms with E-state index in [1.807, 2.05) is 6.07 Å². The molecule has 0 saturated carbocycles. The van der Waals surface area contributed by atoms with Crippen molar-refractivity contribution >= 4 is 17.5 Å². The number of nitrogens with zero attached hydrogens (tertiary/aromatic N) is 3. The van der Waals surface area contributed by atoms with E-state index in [0.29, 0.717) is 11.1 Å². The summed E-state index contributed by atoms with van der Waals surface area (Å²) in [4.78, 5) is 11.5. The molecule has 1 unspecified atom stereocenters. The quantitative estimate of drug-likeness (QED) is 0.831. The van der Waals surface area contributed by atoms with Gasteiger partial charge in [-0.05, 0) is 18.4 Å². The maximum absolute atomic E-state index is 6.46. The summed E-state index contributed by atoms with van der Waals surface area (Å²) in [7, 11) is 0. The molecule has 1 atom stereocenters. The van der Waals surface area contributed by atoms with Crippen molar-refractivity contribution < 1.29 is 4.74 Å². The second-order valence-corrected chi connectivity index (χ2v) is 7.08. The lowest BCUT2D eigenvalue weighted by atomic mass is 10.1. The molecular weight excluding hydrogens is 336 g/mol. The van der Waals surface area contributed by atoms with E-state index < -0.39 is 0 Å². The first-order valence-electron chi connectivity index (χ1n) is 8.95. The van der Waals surface area contributed by atoms with Crippen LogP contribution in [0.25, 0.3) is 0 Å². The molecule has 132 valence electrons. The normalized spacial score (nSPS) is 20.4. The number of aromatic nitrogens is 2. The van der Waals surface area contributed by atoms with Crippen LogP contribution in [0.4, 0.5) is 5.95 Å². The van der Waals surface area contributed by atoms with Gasteiger partial charge in [-0.25, -0.2) is 9.97 Å². The minimum absolute atomic E-state index is 0.264. The van der Waals surface area contributed by atoms with Gasteiger partial charge >= 0.3 is 0 Å². The van der Waals surface area contributed by atoms with E-state index in [4.69, 9.17) is 16.3 Å². The van der Waals surface area contributed by atoms with Crippen LogP contribution in [-0.4, -0.2) is 40.7 Å². The second-order valence-electron chi connectivity index (χ2n) is 6.73. The monoisotopic (exact) mass is 358 g/mol. The molecule has 4 rings (SSSR count). The Morgan fingerprint density at radius 1 is 1.24 bits per heavy atom. The van der Waals surface area contributed by atoms with Gasteiger partial charge in [-0.15, -0.1) is 0 Å². The molecule has 2 aliphatic rings. The van der Waals surface area contributed by atoms with Gasteiger partial charge in [-0.1, -0.05) is 41.9 Å². The highest BCUT2D eigenvalue weighted by Gasteiger charge is 2.22. The van der Waals surface area contributed by atoms with E-state index >= 15 is 0 Å². The molecule has 0 amide bonds. The molecule has 0 radical (unpaired) electrons. The molecule has 0 spiro atoms. The summed E-state index contributed by atoms with van der Waals surface area (Å²) in [6.07, 6.45) is 3.40. The van der Waals surface area contributed by atoms with Gasteiger partial charge < -0.3 is 10.1 Å². The summed E-state index contributed by atoms with van der Waals surface area (Å²) in [5, 5.41) is 3.85. The van der Waals surface area contributed by atoms with Crippen molar-refractivity contribution in [1.82, 2.24) is 14.9 Å². The van der Waals surface area contributed by atoms with Crippen molar-refractivity contribution in [2.24, 2.45) is 0 Å². The maximum atomic E-state index is 6.46. The highest BCUT2D eigenvalue weighted by molar-refractivity contribution is 6.30. The average Bonchev–Trinajstić information content (AvgIpc) is 3.15. The first-order chi connectivity index (χ1) is 12.3. The molecule has 6 heteroatoms.